The summed E-state index contributed by atoms with van der Waals surface area (Å²) in [4.78, 5) is 21.3. The highest BCUT2D eigenvalue weighted by molar-refractivity contribution is 5.83. The second kappa shape index (κ2) is 6.40. The van der Waals surface area contributed by atoms with Crippen LogP contribution >= 0.6 is 0 Å². The molecule has 4 rings (SSSR count). The predicted molar refractivity (Wildman–Crippen MR) is 99.1 cm³/mol. The quantitative estimate of drug-likeness (QED) is 0.618. The monoisotopic (exact) mass is 346 g/mol. The van der Waals surface area contributed by atoms with E-state index < -0.39 is 0 Å². The molecule has 0 aliphatic rings. The second-order valence-electron chi connectivity index (χ2n) is 6.01. The number of pyridine rings is 1. The van der Waals surface area contributed by atoms with E-state index in [1.165, 1.54) is 23.0 Å². The number of fused-ring (bicyclic) bond motifs is 1. The van der Waals surface area contributed by atoms with Crippen molar-refractivity contribution in [3.63, 3.8) is 0 Å². The summed E-state index contributed by atoms with van der Waals surface area (Å²) in [6, 6.07) is 15.1. The fourth-order valence-electron chi connectivity index (χ4n) is 2.81. The summed E-state index contributed by atoms with van der Waals surface area (Å²) in [6.07, 6.45) is 3.18. The Kier molecular flexibility index (Phi) is 3.93. The molecule has 2 aromatic carbocycles. The minimum atomic E-state index is -0.306. The second-order valence-corrected chi connectivity index (χ2v) is 6.01. The molecule has 2 N–H and O–H groups in total. The summed E-state index contributed by atoms with van der Waals surface area (Å²) in [7, 11) is 0. The van der Waals surface area contributed by atoms with Gasteiger partial charge in [-0.25, -0.2) is 14.4 Å². The maximum absolute atomic E-state index is 13.0. The highest BCUT2D eigenvalue weighted by Crippen LogP contribution is 2.22. The fourth-order valence-corrected chi connectivity index (χ4v) is 2.81. The van der Waals surface area contributed by atoms with Crippen molar-refractivity contribution in [3.05, 3.63) is 88.9 Å². The molecule has 0 fully saturated rings. The van der Waals surface area contributed by atoms with Crippen LogP contribution in [-0.2, 0) is 6.54 Å². The number of benzene rings is 2. The summed E-state index contributed by atoms with van der Waals surface area (Å²) in [5.41, 5.74) is 8.66. The predicted octanol–water partition coefficient (Wildman–Crippen LogP) is 3.23. The molecule has 2 heterocycles. The van der Waals surface area contributed by atoms with E-state index in [1.54, 1.807) is 30.5 Å². The minimum Gasteiger partial charge on any atom is -0.384 e. The van der Waals surface area contributed by atoms with Gasteiger partial charge in [-0.05, 0) is 47.5 Å². The number of nitrogens with zero attached hydrogens (tertiary/aromatic N) is 3. The average Bonchev–Trinajstić information content (AvgIpc) is 2.66. The number of halogens is 1. The lowest BCUT2D eigenvalue weighted by Gasteiger charge is -2.08. The van der Waals surface area contributed by atoms with Crippen molar-refractivity contribution in [3.8, 4) is 11.1 Å². The number of hydrogen-bond donors (Lipinski definition) is 1. The first-order chi connectivity index (χ1) is 12.6. The van der Waals surface area contributed by atoms with Gasteiger partial charge in [-0.3, -0.25) is 9.36 Å². The molecule has 0 radical (unpaired) electrons. The first-order valence-electron chi connectivity index (χ1n) is 8.06. The van der Waals surface area contributed by atoms with Gasteiger partial charge in [0, 0.05) is 11.8 Å². The van der Waals surface area contributed by atoms with Crippen LogP contribution in [0.3, 0.4) is 0 Å². The molecule has 0 unspecified atom stereocenters. The average molecular weight is 346 g/mol. The lowest BCUT2D eigenvalue weighted by molar-refractivity contribution is 0.626. The summed E-state index contributed by atoms with van der Waals surface area (Å²) in [5.74, 6) is 0.136. The normalized spacial score (nSPS) is 11.0. The van der Waals surface area contributed by atoms with E-state index in [2.05, 4.69) is 9.97 Å². The van der Waals surface area contributed by atoms with Crippen LogP contribution in [0.1, 0.15) is 5.56 Å². The van der Waals surface area contributed by atoms with Crippen molar-refractivity contribution in [1.29, 1.82) is 0 Å². The molecule has 2 aromatic heterocycles. The Morgan fingerprint density at radius 2 is 1.73 bits per heavy atom. The van der Waals surface area contributed by atoms with E-state index in [-0.39, 0.29) is 11.4 Å². The zero-order valence-electron chi connectivity index (χ0n) is 13.8. The molecule has 26 heavy (non-hydrogen) atoms. The molecule has 0 amide bonds. The van der Waals surface area contributed by atoms with Crippen LogP contribution in [0.2, 0.25) is 0 Å². The van der Waals surface area contributed by atoms with Gasteiger partial charge in [-0.1, -0.05) is 18.2 Å². The largest absolute Gasteiger partial charge is 0.384 e. The van der Waals surface area contributed by atoms with Crippen molar-refractivity contribution in [2.24, 2.45) is 0 Å². The number of aromatic nitrogens is 3. The maximum atomic E-state index is 13.0. The SMILES string of the molecule is Nc1ccc(-c2ccc3ncn(Cc4ccc(F)cc4)c(=O)c3c2)cn1. The van der Waals surface area contributed by atoms with E-state index in [1.807, 2.05) is 18.2 Å². The first kappa shape index (κ1) is 16.0. The zero-order chi connectivity index (χ0) is 18.1. The highest BCUT2D eigenvalue weighted by atomic mass is 19.1. The first-order valence-corrected chi connectivity index (χ1v) is 8.06. The molecule has 0 aliphatic heterocycles. The summed E-state index contributed by atoms with van der Waals surface area (Å²) < 4.78 is 14.6. The summed E-state index contributed by atoms with van der Waals surface area (Å²) in [5, 5.41) is 0.518. The van der Waals surface area contributed by atoms with Gasteiger partial charge in [0.05, 0.1) is 23.8 Å². The van der Waals surface area contributed by atoms with Crippen molar-refractivity contribution in [2.75, 3.05) is 5.73 Å². The van der Waals surface area contributed by atoms with E-state index in [0.717, 1.165) is 16.7 Å². The Balaban J connectivity index is 1.77. The van der Waals surface area contributed by atoms with E-state index in [9.17, 15) is 9.18 Å². The molecule has 4 aromatic rings. The van der Waals surface area contributed by atoms with Gasteiger partial charge in [-0.2, -0.15) is 0 Å². The number of nitrogens with two attached hydrogens (primary N) is 1. The molecule has 0 saturated heterocycles. The van der Waals surface area contributed by atoms with Gasteiger partial charge >= 0.3 is 0 Å². The standard InChI is InChI=1S/C20H15FN4O/c21-16-5-1-13(2-6-16)11-25-12-24-18-7-3-14(9-17(18)20(25)26)15-4-8-19(22)23-10-15/h1-10,12H,11H2,(H2,22,23). The van der Waals surface area contributed by atoms with Gasteiger partial charge in [0.1, 0.15) is 11.6 Å². The molecule has 6 heteroatoms. The topological polar surface area (TPSA) is 73.8 Å². The van der Waals surface area contributed by atoms with Crippen LogP contribution in [0.4, 0.5) is 10.2 Å². The lowest BCUT2D eigenvalue weighted by atomic mass is 10.1. The van der Waals surface area contributed by atoms with Gasteiger partial charge in [0.25, 0.3) is 5.56 Å². The molecular formula is C20H15FN4O. The zero-order valence-corrected chi connectivity index (χ0v) is 13.8. The van der Waals surface area contributed by atoms with Gasteiger partial charge in [0.2, 0.25) is 0 Å². The third-order valence-corrected chi connectivity index (χ3v) is 4.21. The van der Waals surface area contributed by atoms with Crippen molar-refractivity contribution in [1.82, 2.24) is 14.5 Å². The summed E-state index contributed by atoms with van der Waals surface area (Å²) in [6.45, 7) is 0.329. The van der Waals surface area contributed by atoms with Crippen LogP contribution in [0.15, 0.2) is 71.9 Å². The number of hydrogen-bond acceptors (Lipinski definition) is 4. The third kappa shape index (κ3) is 3.04. The summed E-state index contributed by atoms with van der Waals surface area (Å²) >= 11 is 0. The lowest BCUT2D eigenvalue weighted by Crippen LogP contribution is -2.21. The molecule has 0 bridgehead atoms. The van der Waals surface area contributed by atoms with Gasteiger partial charge in [0.15, 0.2) is 0 Å². The van der Waals surface area contributed by atoms with E-state index in [0.29, 0.717) is 23.3 Å². The van der Waals surface area contributed by atoms with E-state index >= 15 is 0 Å². The minimum absolute atomic E-state index is 0.149. The Morgan fingerprint density at radius 1 is 0.962 bits per heavy atom. The maximum Gasteiger partial charge on any atom is 0.261 e. The molecular weight excluding hydrogens is 331 g/mol. The van der Waals surface area contributed by atoms with Crippen LogP contribution in [-0.4, -0.2) is 14.5 Å². The Labute approximate surface area is 148 Å². The number of nitrogen functional groups attached to an aromatic ring is 1. The van der Waals surface area contributed by atoms with Gasteiger partial charge in [-0.15, -0.1) is 0 Å². The number of rotatable bonds is 3. The number of anilines is 1. The fraction of sp³-hybridized carbons (Fsp3) is 0.0500. The van der Waals surface area contributed by atoms with Crippen LogP contribution in [0.5, 0.6) is 0 Å². The molecule has 0 spiro atoms. The van der Waals surface area contributed by atoms with Crippen molar-refractivity contribution in [2.45, 2.75) is 6.54 Å². The molecule has 0 saturated carbocycles. The molecule has 0 atom stereocenters. The van der Waals surface area contributed by atoms with Crippen LogP contribution < -0.4 is 11.3 Å². The Morgan fingerprint density at radius 3 is 2.46 bits per heavy atom. The van der Waals surface area contributed by atoms with Crippen LogP contribution in [0.25, 0.3) is 22.0 Å². The van der Waals surface area contributed by atoms with Crippen LogP contribution in [0, 0.1) is 5.82 Å². The Hall–Kier alpha value is -3.54. The molecule has 5 nitrogen and oxygen atoms in total. The third-order valence-electron chi connectivity index (χ3n) is 4.21. The van der Waals surface area contributed by atoms with E-state index in [4.69, 9.17) is 5.73 Å². The van der Waals surface area contributed by atoms with Crippen molar-refractivity contribution < 1.29 is 4.39 Å². The highest BCUT2D eigenvalue weighted by Gasteiger charge is 2.07. The molecule has 0 aliphatic carbocycles. The van der Waals surface area contributed by atoms with Gasteiger partial charge < -0.3 is 5.73 Å². The Bertz CT molecular complexity index is 1140. The molecule has 128 valence electrons. The van der Waals surface area contributed by atoms with Crippen molar-refractivity contribution >= 4 is 16.7 Å². The smallest absolute Gasteiger partial charge is 0.261 e.